The van der Waals surface area contributed by atoms with E-state index in [0.29, 0.717) is 60.2 Å². The molecule has 6 heterocycles. The maximum atomic E-state index is 15.1. The zero-order chi connectivity index (χ0) is 26.8. The van der Waals surface area contributed by atoms with Crippen molar-refractivity contribution in [3.05, 3.63) is 58.9 Å². The first-order valence-electron chi connectivity index (χ1n) is 15.2. The Hall–Kier alpha value is -2.84. The van der Waals surface area contributed by atoms with Crippen molar-refractivity contribution in [3.63, 3.8) is 0 Å². The minimum absolute atomic E-state index is 0.129. The molecule has 210 valence electrons. The Balaban J connectivity index is 1.15. The molecule has 8 heteroatoms. The number of nitrogens with zero attached hydrogens (tertiary/aromatic N) is 4. The molecular formula is C32H37F2N5O. The van der Waals surface area contributed by atoms with Crippen LogP contribution in [0.5, 0.6) is 6.01 Å². The second kappa shape index (κ2) is 9.62. The quantitative estimate of drug-likeness (QED) is 0.459. The Morgan fingerprint density at radius 2 is 1.77 bits per heavy atom. The third kappa shape index (κ3) is 4.09. The molecule has 2 aromatic carbocycles. The first-order chi connectivity index (χ1) is 19.6. The average molecular weight is 546 g/mol. The van der Waals surface area contributed by atoms with E-state index in [4.69, 9.17) is 14.7 Å². The number of piperidine rings is 1. The fraction of sp³-hybridized carbons (Fsp3) is 0.562. The molecule has 0 saturated carbocycles. The van der Waals surface area contributed by atoms with Gasteiger partial charge in [0.2, 0.25) is 0 Å². The van der Waals surface area contributed by atoms with Crippen molar-refractivity contribution in [1.29, 1.82) is 0 Å². The third-order valence-corrected chi connectivity index (χ3v) is 10.5. The smallest absolute Gasteiger partial charge is 0.316 e. The number of anilines is 1. The summed E-state index contributed by atoms with van der Waals surface area (Å²) in [5, 5.41) is 4.82. The fourth-order valence-corrected chi connectivity index (χ4v) is 8.54. The molecule has 2 bridgehead atoms. The van der Waals surface area contributed by atoms with E-state index in [1.165, 1.54) is 55.8 Å². The van der Waals surface area contributed by atoms with Crippen molar-refractivity contribution in [2.45, 2.75) is 87.9 Å². The van der Waals surface area contributed by atoms with Crippen molar-refractivity contribution in [2.75, 3.05) is 31.1 Å². The number of benzene rings is 2. The molecule has 0 spiro atoms. The van der Waals surface area contributed by atoms with Crippen molar-refractivity contribution < 1.29 is 13.5 Å². The second-order valence-corrected chi connectivity index (χ2v) is 12.7. The molecule has 5 aliphatic rings. The Bertz CT molecular complexity index is 1440. The Morgan fingerprint density at radius 1 is 0.975 bits per heavy atom. The number of ether oxygens (including phenoxy) is 1. The van der Waals surface area contributed by atoms with E-state index in [1.54, 1.807) is 6.07 Å². The molecule has 2 unspecified atom stereocenters. The van der Waals surface area contributed by atoms with E-state index in [0.717, 1.165) is 38.0 Å². The molecule has 8 rings (SSSR count). The zero-order valence-corrected chi connectivity index (χ0v) is 23.0. The molecule has 3 aromatic rings. The van der Waals surface area contributed by atoms with Crippen LogP contribution in [-0.4, -0.2) is 58.7 Å². The molecule has 0 radical (unpaired) electrons. The summed E-state index contributed by atoms with van der Waals surface area (Å²) in [5.41, 5.74) is 4.22. The minimum atomic E-state index is -0.814. The van der Waals surface area contributed by atoms with E-state index in [1.807, 2.05) is 18.2 Å². The van der Waals surface area contributed by atoms with Crippen molar-refractivity contribution in [3.8, 4) is 6.01 Å². The maximum absolute atomic E-state index is 15.1. The maximum Gasteiger partial charge on any atom is 0.316 e. The SMILES string of the molecule is Fc1ccc2cccc(N3CCc4c(nc(OCC56CCCN5CCC6)nc4C4CC5CCC(C4)N5)C3)c2c1F. The minimum Gasteiger partial charge on any atom is -0.461 e. The summed E-state index contributed by atoms with van der Waals surface area (Å²) in [6.45, 7) is 4.21. The van der Waals surface area contributed by atoms with Gasteiger partial charge in [0, 0.05) is 35.6 Å². The van der Waals surface area contributed by atoms with Crippen LogP contribution in [0, 0.1) is 11.6 Å². The van der Waals surface area contributed by atoms with Gasteiger partial charge in [-0.05, 0) is 94.0 Å². The summed E-state index contributed by atoms with van der Waals surface area (Å²) < 4.78 is 35.8. The average Bonchev–Trinajstić information content (AvgIpc) is 3.66. The number of hydrogen-bond donors (Lipinski definition) is 1. The highest BCUT2D eigenvalue weighted by Gasteiger charge is 2.45. The number of halogens is 2. The zero-order valence-electron chi connectivity index (χ0n) is 23.0. The normalized spacial score (nSPS) is 27.2. The van der Waals surface area contributed by atoms with Crippen LogP contribution < -0.4 is 15.0 Å². The van der Waals surface area contributed by atoms with Gasteiger partial charge in [0.05, 0.1) is 23.5 Å². The standard InChI is InChI=1S/C32H37F2N5O/c33-25-9-6-20-4-1-5-27(28(20)29(25)34)38-15-10-24-26(18-38)36-31(40-19-32-11-2-13-39(32)14-3-12-32)37-30(24)21-16-22-7-8-23(17-21)35-22/h1,4-6,9,21-23,35H,2-3,7-8,10-19H2. The first kappa shape index (κ1) is 24.9. The molecule has 1 aromatic heterocycles. The highest BCUT2D eigenvalue weighted by molar-refractivity contribution is 5.95. The van der Waals surface area contributed by atoms with Crippen LogP contribution in [0.15, 0.2) is 30.3 Å². The highest BCUT2D eigenvalue weighted by atomic mass is 19.2. The number of nitrogens with one attached hydrogen (secondary N) is 1. The van der Waals surface area contributed by atoms with Gasteiger partial charge in [-0.3, -0.25) is 4.90 Å². The molecule has 0 aliphatic carbocycles. The van der Waals surface area contributed by atoms with E-state index < -0.39 is 11.6 Å². The monoisotopic (exact) mass is 545 g/mol. The molecule has 2 atom stereocenters. The van der Waals surface area contributed by atoms with Gasteiger partial charge in [0.1, 0.15) is 6.61 Å². The molecule has 1 N–H and O–H groups in total. The second-order valence-electron chi connectivity index (χ2n) is 12.7. The van der Waals surface area contributed by atoms with Crippen LogP contribution in [0.3, 0.4) is 0 Å². The van der Waals surface area contributed by atoms with Crippen LogP contribution in [-0.2, 0) is 13.0 Å². The summed E-state index contributed by atoms with van der Waals surface area (Å²) in [7, 11) is 0. The molecule has 6 nitrogen and oxygen atoms in total. The Morgan fingerprint density at radius 3 is 2.58 bits per heavy atom. The van der Waals surface area contributed by atoms with Crippen molar-refractivity contribution >= 4 is 16.5 Å². The predicted molar refractivity (Wildman–Crippen MR) is 151 cm³/mol. The van der Waals surface area contributed by atoms with Crippen molar-refractivity contribution in [2.24, 2.45) is 0 Å². The summed E-state index contributed by atoms with van der Waals surface area (Å²) in [6.07, 6.45) is 10.3. The Kier molecular flexibility index (Phi) is 5.99. The number of rotatable bonds is 5. The van der Waals surface area contributed by atoms with Crippen LogP contribution in [0.25, 0.3) is 10.8 Å². The number of aromatic nitrogens is 2. The largest absolute Gasteiger partial charge is 0.461 e. The summed E-state index contributed by atoms with van der Waals surface area (Å²) in [6, 6.07) is 10.1. The summed E-state index contributed by atoms with van der Waals surface area (Å²) in [4.78, 5) is 14.9. The van der Waals surface area contributed by atoms with Crippen LogP contribution >= 0.6 is 0 Å². The van der Waals surface area contributed by atoms with Gasteiger partial charge in [-0.1, -0.05) is 18.2 Å². The van der Waals surface area contributed by atoms with Crippen molar-refractivity contribution in [1.82, 2.24) is 20.2 Å². The summed E-state index contributed by atoms with van der Waals surface area (Å²) in [5.74, 6) is -1.19. The van der Waals surface area contributed by atoms with E-state index in [-0.39, 0.29) is 5.54 Å². The van der Waals surface area contributed by atoms with Gasteiger partial charge in [0.15, 0.2) is 11.6 Å². The van der Waals surface area contributed by atoms with Gasteiger partial charge in [-0.2, -0.15) is 9.97 Å². The Labute approximate surface area is 234 Å². The lowest BCUT2D eigenvalue weighted by atomic mass is 9.85. The topological polar surface area (TPSA) is 53.5 Å². The summed E-state index contributed by atoms with van der Waals surface area (Å²) >= 11 is 0. The molecular weight excluding hydrogens is 508 g/mol. The van der Waals surface area contributed by atoms with E-state index in [2.05, 4.69) is 15.1 Å². The van der Waals surface area contributed by atoms with Crippen LogP contribution in [0.1, 0.15) is 74.2 Å². The lowest BCUT2D eigenvalue weighted by Crippen LogP contribution is -2.43. The number of hydrogen-bond acceptors (Lipinski definition) is 6. The highest BCUT2D eigenvalue weighted by Crippen LogP contribution is 2.42. The molecule has 4 saturated heterocycles. The third-order valence-electron chi connectivity index (χ3n) is 10.5. The van der Waals surface area contributed by atoms with Gasteiger partial charge < -0.3 is 15.0 Å². The van der Waals surface area contributed by atoms with Gasteiger partial charge in [0.25, 0.3) is 0 Å². The molecule has 40 heavy (non-hydrogen) atoms. The lowest BCUT2D eigenvalue weighted by Gasteiger charge is -2.35. The molecule has 4 fully saturated rings. The fourth-order valence-electron chi connectivity index (χ4n) is 8.54. The molecule has 0 amide bonds. The predicted octanol–water partition coefficient (Wildman–Crippen LogP) is 5.48. The van der Waals surface area contributed by atoms with Crippen LogP contribution in [0.2, 0.25) is 0 Å². The number of fused-ring (bicyclic) bond motifs is 5. The van der Waals surface area contributed by atoms with E-state index in [9.17, 15) is 4.39 Å². The van der Waals surface area contributed by atoms with Gasteiger partial charge in [-0.15, -0.1) is 0 Å². The lowest BCUT2D eigenvalue weighted by molar-refractivity contribution is 0.107. The van der Waals surface area contributed by atoms with Gasteiger partial charge in [-0.25, -0.2) is 8.78 Å². The first-order valence-corrected chi connectivity index (χ1v) is 15.2. The van der Waals surface area contributed by atoms with Crippen LogP contribution in [0.4, 0.5) is 14.5 Å². The van der Waals surface area contributed by atoms with Gasteiger partial charge >= 0.3 is 6.01 Å². The van der Waals surface area contributed by atoms with E-state index >= 15 is 4.39 Å². The molecule has 5 aliphatic heterocycles.